The second-order valence-corrected chi connectivity index (χ2v) is 7.39. The highest BCUT2D eigenvalue weighted by molar-refractivity contribution is 5.95. The van der Waals surface area contributed by atoms with Gasteiger partial charge in [0, 0.05) is 49.6 Å². The molecule has 4 rings (SSSR count). The van der Waals surface area contributed by atoms with E-state index in [-0.39, 0.29) is 11.8 Å². The molecule has 6 nitrogen and oxygen atoms in total. The zero-order valence-electron chi connectivity index (χ0n) is 17.3. The third-order valence-corrected chi connectivity index (χ3v) is 5.19. The molecule has 1 saturated heterocycles. The SMILES string of the molecule is O=C(NCCCN1CCCC1=O)c1ccc(-n2cccn2)c(C#Cc2ccccc2)c1. The highest BCUT2D eigenvalue weighted by Gasteiger charge is 2.19. The zero-order valence-corrected chi connectivity index (χ0v) is 17.3. The smallest absolute Gasteiger partial charge is 0.251 e. The Morgan fingerprint density at radius 2 is 1.97 bits per heavy atom. The number of hydrogen-bond donors (Lipinski definition) is 1. The summed E-state index contributed by atoms with van der Waals surface area (Å²) in [6, 6.07) is 17.0. The fraction of sp³-hybridized carbons (Fsp3) is 0.240. The molecule has 2 amide bonds. The second kappa shape index (κ2) is 9.77. The summed E-state index contributed by atoms with van der Waals surface area (Å²) in [4.78, 5) is 26.2. The van der Waals surface area contributed by atoms with Crippen LogP contribution in [0.1, 0.15) is 40.7 Å². The summed E-state index contributed by atoms with van der Waals surface area (Å²) in [6.07, 6.45) is 5.87. The van der Waals surface area contributed by atoms with Crippen molar-refractivity contribution in [3.8, 4) is 17.5 Å². The van der Waals surface area contributed by atoms with Crippen molar-refractivity contribution >= 4 is 11.8 Å². The van der Waals surface area contributed by atoms with Crippen LogP contribution in [0.15, 0.2) is 67.0 Å². The standard InChI is InChI=1S/C25H24N4O2/c30-24-9-4-16-28(24)17-5-14-26-25(31)22-12-13-23(29-18-6-15-27-29)21(19-22)11-10-20-7-2-1-3-8-20/h1-3,6-8,12-13,15,18-19H,4-5,9,14,16-17H2,(H,26,31). The summed E-state index contributed by atoms with van der Waals surface area (Å²) in [5.74, 6) is 6.40. The summed E-state index contributed by atoms with van der Waals surface area (Å²) in [6.45, 7) is 2.03. The molecule has 1 aromatic heterocycles. The fourth-order valence-corrected chi connectivity index (χ4v) is 3.56. The molecule has 0 atom stereocenters. The average Bonchev–Trinajstić information content (AvgIpc) is 3.48. The number of hydrogen-bond acceptors (Lipinski definition) is 3. The summed E-state index contributed by atoms with van der Waals surface area (Å²) >= 11 is 0. The number of amides is 2. The molecule has 6 heteroatoms. The summed E-state index contributed by atoms with van der Waals surface area (Å²) in [5.41, 5.74) is 2.99. The van der Waals surface area contributed by atoms with Gasteiger partial charge < -0.3 is 10.2 Å². The summed E-state index contributed by atoms with van der Waals surface area (Å²) < 4.78 is 1.74. The first-order valence-corrected chi connectivity index (χ1v) is 10.5. The lowest BCUT2D eigenvalue weighted by Gasteiger charge is -2.15. The van der Waals surface area contributed by atoms with Gasteiger partial charge in [0.05, 0.1) is 11.3 Å². The number of likely N-dealkylation sites (tertiary alicyclic amines) is 1. The predicted octanol–water partition coefficient (Wildman–Crippen LogP) is 3.01. The average molecular weight is 412 g/mol. The largest absolute Gasteiger partial charge is 0.352 e. The topological polar surface area (TPSA) is 67.2 Å². The van der Waals surface area contributed by atoms with Crippen LogP contribution in [0.25, 0.3) is 5.69 Å². The van der Waals surface area contributed by atoms with Crippen molar-refractivity contribution in [2.45, 2.75) is 19.3 Å². The van der Waals surface area contributed by atoms with Crippen LogP contribution in [-0.2, 0) is 4.79 Å². The van der Waals surface area contributed by atoms with E-state index >= 15 is 0 Å². The molecular formula is C25H24N4O2. The minimum atomic E-state index is -0.150. The Balaban J connectivity index is 1.47. The molecule has 1 N–H and O–H groups in total. The number of nitrogens with zero attached hydrogens (tertiary/aromatic N) is 3. The lowest BCUT2D eigenvalue weighted by molar-refractivity contribution is -0.127. The van der Waals surface area contributed by atoms with Gasteiger partial charge in [0.1, 0.15) is 0 Å². The number of rotatable bonds is 6. The molecule has 0 spiro atoms. The Hall–Kier alpha value is -3.85. The number of nitrogens with one attached hydrogen (secondary N) is 1. The lowest BCUT2D eigenvalue weighted by Crippen LogP contribution is -2.30. The minimum absolute atomic E-state index is 0.150. The number of carbonyl (C=O) groups is 2. The van der Waals surface area contributed by atoms with Crippen LogP contribution < -0.4 is 5.32 Å². The van der Waals surface area contributed by atoms with Crippen LogP contribution in [0.4, 0.5) is 0 Å². The molecule has 2 aromatic carbocycles. The van der Waals surface area contributed by atoms with E-state index in [1.54, 1.807) is 23.0 Å². The van der Waals surface area contributed by atoms with E-state index < -0.39 is 0 Å². The zero-order chi connectivity index (χ0) is 21.5. The maximum atomic E-state index is 12.7. The van der Waals surface area contributed by atoms with E-state index in [0.29, 0.717) is 25.1 Å². The Morgan fingerprint density at radius 1 is 1.10 bits per heavy atom. The van der Waals surface area contributed by atoms with Crippen LogP contribution in [0, 0.1) is 11.8 Å². The van der Waals surface area contributed by atoms with Crippen LogP contribution in [0.3, 0.4) is 0 Å². The third-order valence-electron chi connectivity index (χ3n) is 5.19. The number of benzene rings is 2. The van der Waals surface area contributed by atoms with Crippen molar-refractivity contribution < 1.29 is 9.59 Å². The normalized spacial score (nSPS) is 13.0. The molecule has 1 aliphatic heterocycles. The highest BCUT2D eigenvalue weighted by atomic mass is 16.2. The third kappa shape index (κ3) is 5.20. The van der Waals surface area contributed by atoms with E-state index in [1.165, 1.54) is 0 Å². The van der Waals surface area contributed by atoms with Crippen LogP contribution in [0.2, 0.25) is 0 Å². The summed E-state index contributed by atoms with van der Waals surface area (Å²) in [5, 5.41) is 7.24. The van der Waals surface area contributed by atoms with E-state index in [4.69, 9.17) is 0 Å². The number of aromatic nitrogens is 2. The van der Waals surface area contributed by atoms with Gasteiger partial charge in [-0.3, -0.25) is 9.59 Å². The summed E-state index contributed by atoms with van der Waals surface area (Å²) in [7, 11) is 0. The van der Waals surface area contributed by atoms with Gasteiger partial charge in [-0.05, 0) is 49.2 Å². The first kappa shape index (κ1) is 20.4. The van der Waals surface area contributed by atoms with Crippen molar-refractivity contribution in [2.75, 3.05) is 19.6 Å². The van der Waals surface area contributed by atoms with E-state index in [2.05, 4.69) is 22.3 Å². The Labute approximate surface area is 181 Å². The molecule has 3 aromatic rings. The quantitative estimate of drug-likeness (QED) is 0.500. The molecular weight excluding hydrogens is 388 g/mol. The number of carbonyl (C=O) groups excluding carboxylic acids is 2. The van der Waals surface area contributed by atoms with Gasteiger partial charge in [-0.1, -0.05) is 30.0 Å². The van der Waals surface area contributed by atoms with Crippen molar-refractivity contribution in [1.82, 2.24) is 20.0 Å². The van der Waals surface area contributed by atoms with E-state index in [0.717, 1.165) is 36.2 Å². The van der Waals surface area contributed by atoms with Gasteiger partial charge in [-0.2, -0.15) is 5.10 Å². The fourth-order valence-electron chi connectivity index (χ4n) is 3.56. The maximum Gasteiger partial charge on any atom is 0.251 e. The molecule has 0 saturated carbocycles. The van der Waals surface area contributed by atoms with Crippen molar-refractivity contribution in [3.63, 3.8) is 0 Å². The van der Waals surface area contributed by atoms with Crippen molar-refractivity contribution in [1.29, 1.82) is 0 Å². The Bertz CT molecular complexity index is 1110. The molecule has 156 valence electrons. The first-order chi connectivity index (χ1) is 15.2. The minimum Gasteiger partial charge on any atom is -0.352 e. The molecule has 1 aliphatic rings. The monoisotopic (exact) mass is 412 g/mol. The molecule has 1 fully saturated rings. The molecule has 0 bridgehead atoms. The van der Waals surface area contributed by atoms with Gasteiger partial charge in [-0.25, -0.2) is 4.68 Å². The molecule has 0 radical (unpaired) electrons. The van der Waals surface area contributed by atoms with Crippen molar-refractivity contribution in [3.05, 3.63) is 83.7 Å². The maximum absolute atomic E-state index is 12.7. The molecule has 0 unspecified atom stereocenters. The Kier molecular flexibility index (Phi) is 6.44. The van der Waals surface area contributed by atoms with Crippen LogP contribution in [0.5, 0.6) is 0 Å². The van der Waals surface area contributed by atoms with Gasteiger partial charge in [0.2, 0.25) is 5.91 Å². The van der Waals surface area contributed by atoms with Gasteiger partial charge in [0.25, 0.3) is 5.91 Å². The Morgan fingerprint density at radius 3 is 2.71 bits per heavy atom. The predicted molar refractivity (Wildman–Crippen MR) is 119 cm³/mol. The second-order valence-electron chi connectivity index (χ2n) is 7.39. The van der Waals surface area contributed by atoms with Gasteiger partial charge in [-0.15, -0.1) is 0 Å². The molecule has 2 heterocycles. The molecule has 31 heavy (non-hydrogen) atoms. The lowest BCUT2D eigenvalue weighted by atomic mass is 10.1. The van der Waals surface area contributed by atoms with Crippen LogP contribution in [-0.4, -0.2) is 46.1 Å². The van der Waals surface area contributed by atoms with Gasteiger partial charge in [0.15, 0.2) is 0 Å². The van der Waals surface area contributed by atoms with Crippen molar-refractivity contribution in [2.24, 2.45) is 0 Å². The van der Waals surface area contributed by atoms with Crippen LogP contribution >= 0.6 is 0 Å². The van der Waals surface area contributed by atoms with Gasteiger partial charge >= 0.3 is 0 Å². The van der Waals surface area contributed by atoms with E-state index in [1.807, 2.05) is 53.6 Å². The highest BCUT2D eigenvalue weighted by Crippen LogP contribution is 2.16. The first-order valence-electron chi connectivity index (χ1n) is 10.5. The molecule has 0 aliphatic carbocycles. The van der Waals surface area contributed by atoms with E-state index in [9.17, 15) is 9.59 Å².